The molecule has 3 rings (SSSR count). The van der Waals surface area contributed by atoms with E-state index in [9.17, 15) is 18.0 Å². The molecule has 26 heavy (non-hydrogen) atoms. The minimum absolute atomic E-state index is 0.0747. The Hall–Kier alpha value is -3.01. The van der Waals surface area contributed by atoms with E-state index in [0.29, 0.717) is 5.65 Å². The zero-order valence-electron chi connectivity index (χ0n) is 12.7. The number of imidazole rings is 1. The molecule has 136 valence electrons. The van der Waals surface area contributed by atoms with Crippen LogP contribution in [-0.2, 0) is 0 Å². The van der Waals surface area contributed by atoms with Crippen LogP contribution < -0.4 is 9.47 Å². The zero-order chi connectivity index (χ0) is 18.9. The van der Waals surface area contributed by atoms with Crippen LogP contribution in [0.3, 0.4) is 0 Å². The molecule has 0 saturated carbocycles. The highest BCUT2D eigenvalue weighted by molar-refractivity contribution is 6.30. The molecule has 0 aliphatic rings. The smallest absolute Gasteiger partial charge is 0.422 e. The lowest BCUT2D eigenvalue weighted by Gasteiger charge is -2.13. The third kappa shape index (κ3) is 4.14. The Labute approximate surface area is 148 Å². The molecule has 0 amide bonds. The van der Waals surface area contributed by atoms with Crippen molar-refractivity contribution in [3.8, 4) is 17.4 Å². The first kappa shape index (κ1) is 17.8. The minimum atomic E-state index is -4.54. The number of fused-ring (bicyclic) bond motifs is 1. The predicted molar refractivity (Wildman–Crippen MR) is 83.0 cm³/mol. The fraction of sp³-hybridized carbons (Fsp3) is 0.133. The molecule has 0 atom stereocenters. The fourth-order valence-electron chi connectivity index (χ4n) is 1.99. The zero-order valence-corrected chi connectivity index (χ0v) is 13.5. The molecule has 3 heterocycles. The number of hydrogen-bond acceptors (Lipinski definition) is 5. The number of ether oxygens (including phenoxy) is 2. The molecule has 3 aromatic heterocycles. The van der Waals surface area contributed by atoms with Gasteiger partial charge in [0.1, 0.15) is 11.4 Å². The lowest BCUT2D eigenvalue weighted by molar-refractivity contribution is -0.153. The average Bonchev–Trinajstić information content (AvgIpc) is 2.98. The summed E-state index contributed by atoms with van der Waals surface area (Å²) in [5.41, 5.74) is 0.188. The van der Waals surface area contributed by atoms with Crippen molar-refractivity contribution in [1.29, 1.82) is 0 Å². The van der Waals surface area contributed by atoms with Crippen molar-refractivity contribution in [2.45, 2.75) is 6.18 Å². The Balaban J connectivity index is 1.88. The van der Waals surface area contributed by atoms with Crippen molar-refractivity contribution in [3.63, 3.8) is 0 Å². The number of halogens is 4. The number of aromatic nitrogens is 3. The number of carboxylic acid groups (broad SMARTS) is 1. The molecular formula is C15H9ClF3N3O4. The molecule has 0 bridgehead atoms. The summed E-state index contributed by atoms with van der Waals surface area (Å²) < 4.78 is 48.6. The molecule has 0 saturated heterocycles. The van der Waals surface area contributed by atoms with E-state index in [1.54, 1.807) is 0 Å². The van der Waals surface area contributed by atoms with Gasteiger partial charge in [-0.1, -0.05) is 11.6 Å². The van der Waals surface area contributed by atoms with Crippen molar-refractivity contribution in [2.24, 2.45) is 0 Å². The summed E-state index contributed by atoms with van der Waals surface area (Å²) in [5, 5.41) is 9.01. The van der Waals surface area contributed by atoms with E-state index in [0.717, 1.165) is 6.07 Å². The number of rotatable bonds is 5. The van der Waals surface area contributed by atoms with E-state index >= 15 is 0 Å². The van der Waals surface area contributed by atoms with E-state index in [1.165, 1.54) is 35.1 Å². The second-order valence-corrected chi connectivity index (χ2v) is 5.46. The number of nitrogens with zero attached hydrogens (tertiary/aromatic N) is 3. The summed E-state index contributed by atoms with van der Waals surface area (Å²) in [5.74, 6) is -1.53. The van der Waals surface area contributed by atoms with Crippen LogP contribution in [0.4, 0.5) is 13.2 Å². The van der Waals surface area contributed by atoms with Crippen molar-refractivity contribution in [2.75, 3.05) is 6.61 Å². The quantitative estimate of drug-likeness (QED) is 0.716. The van der Waals surface area contributed by atoms with Crippen molar-refractivity contribution in [1.82, 2.24) is 14.4 Å². The van der Waals surface area contributed by atoms with Gasteiger partial charge in [0.2, 0.25) is 0 Å². The summed E-state index contributed by atoms with van der Waals surface area (Å²) in [6, 6.07) is 4.08. The number of carboxylic acids is 1. The summed E-state index contributed by atoms with van der Waals surface area (Å²) in [7, 11) is 0. The largest absolute Gasteiger partial charge is 0.478 e. The Morgan fingerprint density at radius 1 is 1.31 bits per heavy atom. The first-order valence-corrected chi connectivity index (χ1v) is 7.34. The van der Waals surface area contributed by atoms with Gasteiger partial charge >= 0.3 is 12.1 Å². The molecular weight excluding hydrogens is 379 g/mol. The van der Waals surface area contributed by atoms with Gasteiger partial charge in [-0.05, 0) is 12.1 Å². The number of aromatic carboxylic acids is 1. The van der Waals surface area contributed by atoms with Crippen LogP contribution >= 0.6 is 11.6 Å². The van der Waals surface area contributed by atoms with Crippen molar-refractivity contribution >= 4 is 23.2 Å². The highest BCUT2D eigenvalue weighted by Gasteiger charge is 2.29. The molecule has 0 aliphatic carbocycles. The summed E-state index contributed by atoms with van der Waals surface area (Å²) in [4.78, 5) is 18.6. The first-order chi connectivity index (χ1) is 12.2. The van der Waals surface area contributed by atoms with Gasteiger partial charge in [-0.25, -0.2) is 14.8 Å². The molecule has 11 heteroatoms. The van der Waals surface area contributed by atoms with Gasteiger partial charge in [0.15, 0.2) is 18.1 Å². The molecule has 1 N–H and O–H groups in total. The summed E-state index contributed by atoms with van der Waals surface area (Å²) >= 11 is 5.73. The Morgan fingerprint density at radius 3 is 2.77 bits per heavy atom. The van der Waals surface area contributed by atoms with E-state index in [4.69, 9.17) is 21.4 Å². The van der Waals surface area contributed by atoms with Gasteiger partial charge in [0.05, 0.1) is 11.2 Å². The Morgan fingerprint density at radius 2 is 2.08 bits per heavy atom. The highest BCUT2D eigenvalue weighted by atomic mass is 35.5. The van der Waals surface area contributed by atoms with Gasteiger partial charge in [0.25, 0.3) is 5.88 Å². The molecule has 3 aromatic rings. The predicted octanol–water partition coefficient (Wildman–Crippen LogP) is 3.81. The molecule has 0 spiro atoms. The molecule has 0 fully saturated rings. The topological polar surface area (TPSA) is 86.0 Å². The highest BCUT2D eigenvalue weighted by Crippen LogP contribution is 2.32. The summed E-state index contributed by atoms with van der Waals surface area (Å²) in [6.45, 7) is -1.53. The standard InChI is InChI=1S/C15H9ClF3N3O4/c16-8-3-11(25-7-15(17,18)19)13(20-4-8)26-9-1-2-12-21-10(14(23)24)6-22(12)5-9/h1-6H,7H2,(H,23,24). The lowest BCUT2D eigenvalue weighted by Crippen LogP contribution is -2.19. The average molecular weight is 388 g/mol. The van der Waals surface area contributed by atoms with Crippen molar-refractivity contribution < 1.29 is 32.5 Å². The first-order valence-electron chi connectivity index (χ1n) is 6.96. The van der Waals surface area contributed by atoms with Gasteiger partial charge in [0, 0.05) is 18.5 Å². The second kappa shape index (κ2) is 6.71. The third-order valence-electron chi connectivity index (χ3n) is 3.03. The number of alkyl halides is 3. The second-order valence-electron chi connectivity index (χ2n) is 5.02. The fourth-order valence-corrected chi connectivity index (χ4v) is 2.14. The lowest BCUT2D eigenvalue weighted by atomic mass is 10.4. The number of pyridine rings is 2. The monoisotopic (exact) mass is 387 g/mol. The van der Waals surface area contributed by atoms with Crippen LogP contribution in [0.25, 0.3) is 5.65 Å². The van der Waals surface area contributed by atoms with Crippen LogP contribution in [0.2, 0.25) is 5.02 Å². The molecule has 0 aliphatic heterocycles. The molecule has 0 unspecified atom stereocenters. The van der Waals surface area contributed by atoms with Gasteiger partial charge < -0.3 is 19.0 Å². The van der Waals surface area contributed by atoms with E-state index in [2.05, 4.69) is 14.7 Å². The SMILES string of the molecule is O=C(O)c1cn2cc(Oc3ncc(Cl)cc3OCC(F)(F)F)ccc2n1. The maximum Gasteiger partial charge on any atom is 0.422 e. The normalized spacial score (nSPS) is 11.5. The molecule has 7 nitrogen and oxygen atoms in total. The van der Waals surface area contributed by atoms with Crippen LogP contribution in [-0.4, -0.2) is 38.2 Å². The number of hydrogen-bond donors (Lipinski definition) is 1. The van der Waals surface area contributed by atoms with Gasteiger partial charge in [-0.15, -0.1) is 0 Å². The van der Waals surface area contributed by atoms with Crippen LogP contribution in [0.15, 0.2) is 36.8 Å². The van der Waals surface area contributed by atoms with Crippen LogP contribution in [0, 0.1) is 0 Å². The maximum atomic E-state index is 12.4. The van der Waals surface area contributed by atoms with Gasteiger partial charge in [-0.3, -0.25) is 0 Å². The van der Waals surface area contributed by atoms with Crippen LogP contribution in [0.1, 0.15) is 10.5 Å². The van der Waals surface area contributed by atoms with Crippen LogP contribution in [0.5, 0.6) is 17.4 Å². The summed E-state index contributed by atoms with van der Waals surface area (Å²) in [6.07, 6.45) is -0.683. The number of carbonyl (C=O) groups is 1. The van der Waals surface area contributed by atoms with E-state index in [1.807, 2.05) is 0 Å². The molecule has 0 radical (unpaired) electrons. The van der Waals surface area contributed by atoms with E-state index < -0.39 is 18.8 Å². The minimum Gasteiger partial charge on any atom is -0.478 e. The van der Waals surface area contributed by atoms with Crippen molar-refractivity contribution in [3.05, 3.63) is 47.5 Å². The molecule has 0 aromatic carbocycles. The van der Waals surface area contributed by atoms with E-state index in [-0.39, 0.29) is 28.1 Å². The Bertz CT molecular complexity index is 974. The Kier molecular flexibility index (Phi) is 4.60. The maximum absolute atomic E-state index is 12.4. The van der Waals surface area contributed by atoms with Gasteiger partial charge in [-0.2, -0.15) is 13.2 Å². The third-order valence-corrected chi connectivity index (χ3v) is 3.24.